The van der Waals surface area contributed by atoms with Crippen LogP contribution in [0.3, 0.4) is 0 Å². The lowest BCUT2D eigenvalue weighted by atomic mass is 9.99. The molecule has 1 heterocycles. The normalized spacial score (nSPS) is 32.9. The zero-order valence-electron chi connectivity index (χ0n) is 11.6. The minimum absolute atomic E-state index is 0.146. The van der Waals surface area contributed by atoms with Gasteiger partial charge >= 0.3 is 0 Å². The van der Waals surface area contributed by atoms with Crippen LogP contribution in [0, 0.1) is 0 Å². The molecule has 1 aliphatic heterocycles. The van der Waals surface area contributed by atoms with Crippen LogP contribution >= 0.6 is 0 Å². The van der Waals surface area contributed by atoms with Gasteiger partial charge in [0.25, 0.3) is 0 Å². The van der Waals surface area contributed by atoms with Gasteiger partial charge in [-0.2, -0.15) is 0 Å². The van der Waals surface area contributed by atoms with E-state index >= 15 is 0 Å². The summed E-state index contributed by atoms with van der Waals surface area (Å²) >= 11 is 0. The predicted octanol–water partition coefficient (Wildman–Crippen LogP) is -0.988. The van der Waals surface area contributed by atoms with E-state index in [0.717, 1.165) is 5.56 Å². The monoisotopic (exact) mass is 300 g/mol. The molecule has 2 rings (SSSR count). The highest BCUT2D eigenvalue weighted by Gasteiger charge is 2.43. The van der Waals surface area contributed by atoms with Crippen molar-refractivity contribution in [3.63, 3.8) is 0 Å². The molecule has 0 radical (unpaired) electrons. The summed E-state index contributed by atoms with van der Waals surface area (Å²) in [6.45, 7) is -0.333. The first-order chi connectivity index (χ1) is 10.1. The van der Waals surface area contributed by atoms with Crippen molar-refractivity contribution in [3.05, 3.63) is 29.8 Å². The van der Waals surface area contributed by atoms with Gasteiger partial charge in [0.2, 0.25) is 0 Å². The zero-order valence-corrected chi connectivity index (χ0v) is 11.6. The highest BCUT2D eigenvalue weighted by Crippen LogP contribution is 2.23. The zero-order chi connectivity index (χ0) is 15.4. The molecule has 0 spiro atoms. The first kappa shape index (κ1) is 16.2. The Morgan fingerprint density at radius 3 is 2.29 bits per heavy atom. The molecule has 0 bridgehead atoms. The predicted molar refractivity (Wildman–Crippen MR) is 71.6 cm³/mol. The van der Waals surface area contributed by atoms with Gasteiger partial charge in [0.05, 0.1) is 20.3 Å². The van der Waals surface area contributed by atoms with E-state index in [1.54, 1.807) is 31.4 Å². The van der Waals surface area contributed by atoms with E-state index in [0.29, 0.717) is 5.75 Å². The molecule has 5 atom stereocenters. The van der Waals surface area contributed by atoms with E-state index in [-0.39, 0.29) is 6.61 Å². The number of hydrogen-bond acceptors (Lipinski definition) is 7. The molecule has 0 amide bonds. The van der Waals surface area contributed by atoms with Crippen LogP contribution in [0.4, 0.5) is 0 Å². The van der Waals surface area contributed by atoms with Crippen LogP contribution in [0.2, 0.25) is 0 Å². The van der Waals surface area contributed by atoms with Crippen LogP contribution in [0.1, 0.15) is 5.56 Å². The first-order valence-electron chi connectivity index (χ1n) is 6.62. The molecule has 1 fully saturated rings. The number of rotatable bonds is 5. The molecule has 7 heteroatoms. The molecule has 118 valence electrons. The van der Waals surface area contributed by atoms with Crippen LogP contribution < -0.4 is 4.74 Å². The summed E-state index contributed by atoms with van der Waals surface area (Å²) in [5, 5.41) is 38.2. The Hall–Kier alpha value is -1.22. The van der Waals surface area contributed by atoms with Crippen molar-refractivity contribution in [2.45, 2.75) is 37.3 Å². The van der Waals surface area contributed by atoms with Crippen molar-refractivity contribution in [1.29, 1.82) is 0 Å². The number of methoxy groups -OCH3 is 1. The second-order valence-corrected chi connectivity index (χ2v) is 4.86. The number of hydrogen-bond donors (Lipinski definition) is 4. The quantitative estimate of drug-likeness (QED) is 0.553. The van der Waals surface area contributed by atoms with Gasteiger partial charge in [0.15, 0.2) is 6.29 Å². The van der Waals surface area contributed by atoms with Gasteiger partial charge in [0, 0.05) is 0 Å². The summed E-state index contributed by atoms with van der Waals surface area (Å²) in [5.41, 5.74) is 0.827. The Kier molecular flexibility index (Phi) is 5.51. The fourth-order valence-electron chi connectivity index (χ4n) is 2.11. The van der Waals surface area contributed by atoms with E-state index < -0.39 is 37.3 Å². The average molecular weight is 300 g/mol. The molecule has 5 unspecified atom stereocenters. The lowest BCUT2D eigenvalue weighted by Crippen LogP contribution is -2.59. The van der Waals surface area contributed by atoms with E-state index in [1.165, 1.54) is 0 Å². The number of aliphatic hydroxyl groups excluding tert-OH is 4. The van der Waals surface area contributed by atoms with E-state index in [9.17, 15) is 15.3 Å². The molecule has 0 aliphatic carbocycles. The molecule has 1 aromatic rings. The summed E-state index contributed by atoms with van der Waals surface area (Å²) in [4.78, 5) is 0. The fraction of sp³-hybridized carbons (Fsp3) is 0.571. The van der Waals surface area contributed by atoms with Crippen molar-refractivity contribution in [2.75, 3.05) is 13.7 Å². The standard InChI is InChI=1S/C14H20O7/c1-19-9-4-2-8(3-5-9)7-20-14-13(18)12(17)11(16)10(6-15)21-14/h2-5,10-18H,6-7H2,1H3. The molecule has 1 aliphatic rings. The van der Waals surface area contributed by atoms with Gasteiger partial charge in [-0.3, -0.25) is 0 Å². The maximum Gasteiger partial charge on any atom is 0.187 e. The SMILES string of the molecule is COc1ccc(COC2OC(CO)C(O)C(O)C2O)cc1. The highest BCUT2D eigenvalue weighted by atomic mass is 16.7. The average Bonchev–Trinajstić information content (AvgIpc) is 2.52. The van der Waals surface area contributed by atoms with Crippen molar-refractivity contribution in [1.82, 2.24) is 0 Å². The molecule has 4 N–H and O–H groups in total. The Bertz CT molecular complexity index is 433. The van der Waals surface area contributed by atoms with Gasteiger partial charge in [-0.05, 0) is 17.7 Å². The summed E-state index contributed by atoms with van der Waals surface area (Å²) < 4.78 is 15.7. The largest absolute Gasteiger partial charge is 0.497 e. The summed E-state index contributed by atoms with van der Waals surface area (Å²) in [5.74, 6) is 0.714. The first-order valence-corrected chi connectivity index (χ1v) is 6.62. The smallest absolute Gasteiger partial charge is 0.187 e. The summed E-state index contributed by atoms with van der Waals surface area (Å²) in [6, 6.07) is 7.13. The maximum atomic E-state index is 9.82. The summed E-state index contributed by atoms with van der Waals surface area (Å²) in [6.07, 6.45) is -6.30. The molecular formula is C14H20O7. The lowest BCUT2D eigenvalue weighted by molar-refractivity contribution is -0.304. The van der Waals surface area contributed by atoms with Crippen molar-refractivity contribution in [2.24, 2.45) is 0 Å². The number of ether oxygens (including phenoxy) is 3. The van der Waals surface area contributed by atoms with Crippen LogP contribution in [0.25, 0.3) is 0 Å². The third kappa shape index (κ3) is 3.70. The Morgan fingerprint density at radius 2 is 1.71 bits per heavy atom. The van der Waals surface area contributed by atoms with E-state index in [2.05, 4.69) is 0 Å². The molecule has 0 aromatic heterocycles. The molecule has 1 saturated heterocycles. The highest BCUT2D eigenvalue weighted by molar-refractivity contribution is 5.26. The van der Waals surface area contributed by atoms with Gasteiger partial charge < -0.3 is 34.6 Å². The minimum Gasteiger partial charge on any atom is -0.497 e. The van der Waals surface area contributed by atoms with E-state index in [4.69, 9.17) is 19.3 Å². The van der Waals surface area contributed by atoms with Crippen LogP contribution in [-0.2, 0) is 16.1 Å². The second kappa shape index (κ2) is 7.17. The topological polar surface area (TPSA) is 109 Å². The number of benzene rings is 1. The fourth-order valence-corrected chi connectivity index (χ4v) is 2.11. The molecule has 1 aromatic carbocycles. The van der Waals surface area contributed by atoms with Gasteiger partial charge in [0.1, 0.15) is 30.2 Å². The summed E-state index contributed by atoms with van der Waals surface area (Å²) in [7, 11) is 1.57. The molecule has 21 heavy (non-hydrogen) atoms. The van der Waals surface area contributed by atoms with Crippen molar-refractivity contribution >= 4 is 0 Å². The lowest BCUT2D eigenvalue weighted by Gasteiger charge is -2.39. The van der Waals surface area contributed by atoms with Crippen LogP contribution in [0.15, 0.2) is 24.3 Å². The van der Waals surface area contributed by atoms with Gasteiger partial charge in [-0.15, -0.1) is 0 Å². The van der Waals surface area contributed by atoms with E-state index in [1.807, 2.05) is 0 Å². The maximum absolute atomic E-state index is 9.82. The Morgan fingerprint density at radius 1 is 1.05 bits per heavy atom. The van der Waals surface area contributed by atoms with Crippen molar-refractivity contribution in [3.8, 4) is 5.75 Å². The Labute approximate surface area is 122 Å². The minimum atomic E-state index is -1.43. The van der Waals surface area contributed by atoms with Gasteiger partial charge in [-0.1, -0.05) is 12.1 Å². The Balaban J connectivity index is 1.94. The number of aliphatic hydroxyl groups is 4. The second-order valence-electron chi connectivity index (χ2n) is 4.86. The molecule has 7 nitrogen and oxygen atoms in total. The molecular weight excluding hydrogens is 280 g/mol. The third-order valence-corrected chi connectivity index (χ3v) is 3.42. The third-order valence-electron chi connectivity index (χ3n) is 3.42. The van der Waals surface area contributed by atoms with Crippen LogP contribution in [0.5, 0.6) is 5.75 Å². The van der Waals surface area contributed by atoms with Crippen LogP contribution in [-0.4, -0.2) is 64.8 Å². The van der Waals surface area contributed by atoms with Gasteiger partial charge in [-0.25, -0.2) is 0 Å². The van der Waals surface area contributed by atoms with Crippen molar-refractivity contribution < 1.29 is 34.6 Å². The molecule has 0 saturated carbocycles.